The minimum Gasteiger partial charge on any atom is -0.324 e. The van der Waals surface area contributed by atoms with Crippen molar-refractivity contribution in [3.05, 3.63) is 42.7 Å². The first kappa shape index (κ1) is 16.0. The summed E-state index contributed by atoms with van der Waals surface area (Å²) in [4.78, 5) is 26.5. The quantitative estimate of drug-likeness (QED) is 0.908. The Morgan fingerprint density at radius 1 is 1.17 bits per heavy atom. The Balaban J connectivity index is 1.57. The lowest BCUT2D eigenvalue weighted by Crippen LogP contribution is -2.45. The van der Waals surface area contributed by atoms with Crippen LogP contribution in [0.3, 0.4) is 0 Å². The third-order valence-corrected chi connectivity index (χ3v) is 4.08. The monoisotopic (exact) mass is 327 g/mol. The van der Waals surface area contributed by atoms with Crippen molar-refractivity contribution in [2.75, 3.05) is 23.7 Å². The minimum absolute atomic E-state index is 0.0692. The van der Waals surface area contributed by atoms with Crippen molar-refractivity contribution < 1.29 is 9.59 Å². The Hall–Kier alpha value is -2.83. The summed E-state index contributed by atoms with van der Waals surface area (Å²) in [5.74, 6) is -0.277. The SMILES string of the molecule is Cn1cc(NC(=O)C2CCCN(C(=O)Nc3ccccc3)C2)cn1. The molecule has 0 radical (unpaired) electrons. The Bertz CT molecular complexity index is 713. The molecule has 126 valence electrons. The van der Waals surface area contributed by atoms with E-state index in [0.29, 0.717) is 18.8 Å². The number of nitrogens with zero attached hydrogens (tertiary/aromatic N) is 3. The summed E-state index contributed by atoms with van der Waals surface area (Å²) in [7, 11) is 1.80. The van der Waals surface area contributed by atoms with Crippen molar-refractivity contribution in [3.8, 4) is 0 Å². The van der Waals surface area contributed by atoms with Crippen molar-refractivity contribution in [1.29, 1.82) is 0 Å². The van der Waals surface area contributed by atoms with Crippen LogP contribution in [0.15, 0.2) is 42.7 Å². The average Bonchev–Trinajstić information content (AvgIpc) is 3.00. The molecular formula is C17H21N5O2. The number of urea groups is 1. The van der Waals surface area contributed by atoms with E-state index in [2.05, 4.69) is 15.7 Å². The Kier molecular flexibility index (Phi) is 4.79. The number of nitrogens with one attached hydrogen (secondary N) is 2. The van der Waals surface area contributed by atoms with Crippen LogP contribution < -0.4 is 10.6 Å². The Morgan fingerprint density at radius 2 is 1.96 bits per heavy atom. The molecule has 3 rings (SSSR count). The highest BCUT2D eigenvalue weighted by Crippen LogP contribution is 2.19. The van der Waals surface area contributed by atoms with Gasteiger partial charge >= 0.3 is 6.03 Å². The highest BCUT2D eigenvalue weighted by molar-refractivity contribution is 5.94. The number of para-hydroxylation sites is 1. The summed E-state index contributed by atoms with van der Waals surface area (Å²) in [6.07, 6.45) is 4.95. The Labute approximate surface area is 140 Å². The van der Waals surface area contributed by atoms with Crippen LogP contribution >= 0.6 is 0 Å². The average molecular weight is 327 g/mol. The van der Waals surface area contributed by atoms with Gasteiger partial charge in [0, 0.05) is 32.0 Å². The lowest BCUT2D eigenvalue weighted by Gasteiger charge is -2.32. The highest BCUT2D eigenvalue weighted by Gasteiger charge is 2.28. The summed E-state index contributed by atoms with van der Waals surface area (Å²) >= 11 is 0. The minimum atomic E-state index is -0.208. The maximum Gasteiger partial charge on any atom is 0.321 e. The fourth-order valence-corrected chi connectivity index (χ4v) is 2.83. The van der Waals surface area contributed by atoms with E-state index in [0.717, 1.165) is 18.5 Å². The van der Waals surface area contributed by atoms with Gasteiger partial charge in [-0.1, -0.05) is 18.2 Å². The number of amides is 3. The van der Waals surface area contributed by atoms with Gasteiger partial charge in [-0.15, -0.1) is 0 Å². The molecule has 1 aromatic carbocycles. The molecule has 1 saturated heterocycles. The second kappa shape index (κ2) is 7.16. The van der Waals surface area contributed by atoms with E-state index in [9.17, 15) is 9.59 Å². The first-order valence-electron chi connectivity index (χ1n) is 8.02. The van der Waals surface area contributed by atoms with Crippen LogP contribution in [-0.2, 0) is 11.8 Å². The van der Waals surface area contributed by atoms with Gasteiger partial charge in [-0.2, -0.15) is 5.10 Å². The summed E-state index contributed by atoms with van der Waals surface area (Å²) in [5, 5.41) is 9.76. The number of hydrogen-bond acceptors (Lipinski definition) is 3. The lowest BCUT2D eigenvalue weighted by atomic mass is 9.97. The van der Waals surface area contributed by atoms with Gasteiger partial charge in [-0.3, -0.25) is 9.48 Å². The molecule has 2 N–H and O–H groups in total. The summed E-state index contributed by atoms with van der Waals surface area (Å²) < 4.78 is 1.64. The molecule has 1 atom stereocenters. The van der Waals surface area contributed by atoms with Crippen molar-refractivity contribution in [2.45, 2.75) is 12.8 Å². The van der Waals surface area contributed by atoms with Gasteiger partial charge in [0.15, 0.2) is 0 Å². The first-order valence-corrected chi connectivity index (χ1v) is 8.02. The molecule has 7 heteroatoms. The van der Waals surface area contributed by atoms with Gasteiger partial charge in [0.25, 0.3) is 0 Å². The predicted octanol–water partition coefficient (Wildman–Crippen LogP) is 2.30. The van der Waals surface area contributed by atoms with E-state index in [1.165, 1.54) is 0 Å². The number of likely N-dealkylation sites (tertiary alicyclic amines) is 1. The Morgan fingerprint density at radius 3 is 2.67 bits per heavy atom. The molecule has 1 aliphatic rings. The number of rotatable bonds is 3. The van der Waals surface area contributed by atoms with Crippen LogP contribution in [-0.4, -0.2) is 39.7 Å². The standard InChI is InChI=1S/C17H21N5O2/c1-21-12-15(10-18-21)19-16(23)13-6-5-9-22(11-13)17(24)20-14-7-3-2-4-8-14/h2-4,7-8,10,12-13H,5-6,9,11H2,1H3,(H,19,23)(H,20,24). The zero-order valence-electron chi connectivity index (χ0n) is 13.6. The predicted molar refractivity (Wildman–Crippen MR) is 91.6 cm³/mol. The van der Waals surface area contributed by atoms with Gasteiger partial charge in [0.1, 0.15) is 0 Å². The maximum absolute atomic E-state index is 12.4. The molecule has 1 aromatic heterocycles. The number of anilines is 2. The highest BCUT2D eigenvalue weighted by atomic mass is 16.2. The third-order valence-electron chi connectivity index (χ3n) is 4.08. The van der Waals surface area contributed by atoms with Gasteiger partial charge < -0.3 is 15.5 Å². The number of piperidine rings is 1. The smallest absolute Gasteiger partial charge is 0.321 e. The second-order valence-electron chi connectivity index (χ2n) is 5.97. The van der Waals surface area contributed by atoms with Crippen molar-refractivity contribution in [3.63, 3.8) is 0 Å². The van der Waals surface area contributed by atoms with Gasteiger partial charge in [0.2, 0.25) is 5.91 Å². The van der Waals surface area contributed by atoms with E-state index < -0.39 is 0 Å². The fraction of sp³-hybridized carbons (Fsp3) is 0.353. The molecule has 0 saturated carbocycles. The molecule has 1 aliphatic heterocycles. The molecular weight excluding hydrogens is 306 g/mol. The third kappa shape index (κ3) is 3.92. The van der Waals surface area contributed by atoms with Crippen molar-refractivity contribution in [2.24, 2.45) is 13.0 Å². The van der Waals surface area contributed by atoms with Crippen LogP contribution in [0.25, 0.3) is 0 Å². The number of hydrogen-bond donors (Lipinski definition) is 2. The zero-order valence-corrected chi connectivity index (χ0v) is 13.6. The zero-order chi connectivity index (χ0) is 16.9. The molecule has 7 nitrogen and oxygen atoms in total. The maximum atomic E-state index is 12.4. The van der Waals surface area contributed by atoms with E-state index in [1.807, 2.05) is 30.3 Å². The summed E-state index contributed by atoms with van der Waals surface area (Å²) in [6, 6.07) is 9.16. The lowest BCUT2D eigenvalue weighted by molar-refractivity contribution is -0.121. The van der Waals surface area contributed by atoms with Crippen LogP contribution in [0.4, 0.5) is 16.2 Å². The van der Waals surface area contributed by atoms with Crippen LogP contribution in [0.1, 0.15) is 12.8 Å². The van der Waals surface area contributed by atoms with Gasteiger partial charge in [-0.25, -0.2) is 4.79 Å². The molecule has 1 fully saturated rings. The van der Waals surface area contributed by atoms with Crippen LogP contribution in [0, 0.1) is 5.92 Å². The van der Waals surface area contributed by atoms with Crippen molar-refractivity contribution in [1.82, 2.24) is 14.7 Å². The normalized spacial score (nSPS) is 17.4. The molecule has 0 bridgehead atoms. The summed E-state index contributed by atoms with van der Waals surface area (Å²) in [5.41, 5.74) is 1.43. The largest absolute Gasteiger partial charge is 0.324 e. The molecule has 3 amide bonds. The molecule has 1 unspecified atom stereocenters. The van der Waals surface area contributed by atoms with Crippen LogP contribution in [0.5, 0.6) is 0 Å². The topological polar surface area (TPSA) is 79.3 Å². The molecule has 2 heterocycles. The van der Waals surface area contributed by atoms with Crippen LogP contribution in [0.2, 0.25) is 0 Å². The number of aromatic nitrogens is 2. The fourth-order valence-electron chi connectivity index (χ4n) is 2.83. The molecule has 0 aliphatic carbocycles. The van der Waals surface area contributed by atoms with Gasteiger partial charge in [0.05, 0.1) is 17.8 Å². The van der Waals surface area contributed by atoms with E-state index in [4.69, 9.17) is 0 Å². The van der Waals surface area contributed by atoms with E-state index in [1.54, 1.807) is 29.0 Å². The van der Waals surface area contributed by atoms with E-state index in [-0.39, 0.29) is 17.9 Å². The number of benzene rings is 1. The molecule has 24 heavy (non-hydrogen) atoms. The number of carbonyl (C=O) groups is 2. The molecule has 2 aromatic rings. The second-order valence-corrected chi connectivity index (χ2v) is 5.97. The van der Waals surface area contributed by atoms with E-state index >= 15 is 0 Å². The molecule has 0 spiro atoms. The summed E-state index contributed by atoms with van der Waals surface area (Å²) in [6.45, 7) is 1.08. The number of aryl methyl sites for hydroxylation is 1. The number of carbonyl (C=O) groups excluding carboxylic acids is 2. The van der Waals surface area contributed by atoms with Crippen molar-refractivity contribution >= 4 is 23.3 Å². The van der Waals surface area contributed by atoms with Gasteiger partial charge in [-0.05, 0) is 25.0 Å². The first-order chi connectivity index (χ1) is 11.6.